The smallest absolute Gasteiger partial charge is 0.291 e. The molecule has 0 unspecified atom stereocenters. The molecule has 1 aliphatic rings. The Kier molecular flexibility index (Phi) is 3.29. The van der Waals surface area contributed by atoms with Crippen molar-refractivity contribution >= 4 is 23.4 Å². The first-order chi connectivity index (χ1) is 7.36. The van der Waals surface area contributed by atoms with Crippen LogP contribution in [0.3, 0.4) is 0 Å². The molecule has 0 saturated heterocycles. The summed E-state index contributed by atoms with van der Waals surface area (Å²) < 4.78 is 5.24. The maximum Gasteiger partial charge on any atom is 0.291 e. The van der Waals surface area contributed by atoms with Crippen molar-refractivity contribution in [2.24, 2.45) is 0 Å². The van der Waals surface area contributed by atoms with E-state index in [4.69, 9.17) is 4.74 Å². The van der Waals surface area contributed by atoms with Crippen molar-refractivity contribution in [1.82, 2.24) is 0 Å². The minimum absolute atomic E-state index is 0.187. The van der Waals surface area contributed by atoms with E-state index in [9.17, 15) is 4.79 Å². The molecule has 4 heteroatoms. The molecule has 1 aliphatic heterocycles. The minimum atomic E-state index is -0.187. The third-order valence-corrected chi connectivity index (χ3v) is 2.69. The van der Waals surface area contributed by atoms with Crippen LogP contribution in [0.5, 0.6) is 0 Å². The summed E-state index contributed by atoms with van der Waals surface area (Å²) in [5.41, 5.74) is 0.780. The number of nitrogens with one attached hydrogen (secondary N) is 1. The summed E-state index contributed by atoms with van der Waals surface area (Å²) in [5.74, 6) is 1.12. The van der Waals surface area contributed by atoms with Crippen molar-refractivity contribution in [3.8, 4) is 0 Å². The lowest BCUT2D eigenvalue weighted by atomic mass is 10.3. The fraction of sp³-hybridized carbons (Fsp3) is 0.182. The second-order valence-corrected chi connectivity index (χ2v) is 4.00. The van der Waals surface area contributed by atoms with E-state index in [1.807, 2.05) is 30.3 Å². The number of hydrogen-bond donors (Lipinski definition) is 1. The lowest BCUT2D eigenvalue weighted by Crippen LogP contribution is -2.18. The molecule has 2 rings (SSSR count). The number of amides is 1. The highest BCUT2D eigenvalue weighted by atomic mass is 32.2. The van der Waals surface area contributed by atoms with Crippen molar-refractivity contribution in [2.75, 3.05) is 17.7 Å². The predicted molar refractivity (Wildman–Crippen MR) is 61.6 cm³/mol. The van der Waals surface area contributed by atoms with Crippen LogP contribution in [-0.4, -0.2) is 18.3 Å². The summed E-state index contributed by atoms with van der Waals surface area (Å²) in [5, 5.41) is 4.52. The molecule has 0 aromatic heterocycles. The third-order valence-electron chi connectivity index (χ3n) is 1.90. The topological polar surface area (TPSA) is 38.3 Å². The molecule has 15 heavy (non-hydrogen) atoms. The number of carbonyl (C=O) groups excluding carboxylic acids is 1. The number of para-hydroxylation sites is 1. The van der Waals surface area contributed by atoms with E-state index in [-0.39, 0.29) is 5.91 Å². The molecule has 78 valence electrons. The van der Waals surface area contributed by atoms with Gasteiger partial charge in [-0.05, 0) is 12.1 Å². The van der Waals surface area contributed by atoms with Gasteiger partial charge in [0.05, 0.1) is 6.61 Å². The van der Waals surface area contributed by atoms with Crippen LogP contribution in [0.15, 0.2) is 41.5 Å². The summed E-state index contributed by atoms with van der Waals surface area (Å²) in [6.07, 6.45) is 0. The molecule has 0 saturated carbocycles. The van der Waals surface area contributed by atoms with E-state index in [2.05, 4.69) is 5.32 Å². The van der Waals surface area contributed by atoms with Crippen LogP contribution in [0.2, 0.25) is 0 Å². The standard InChI is InChI=1S/C11H11NO2S/c13-11(10-8-15-7-6-14-10)12-9-4-2-1-3-5-9/h1-5,8H,6-7H2,(H,12,13). The van der Waals surface area contributed by atoms with Crippen molar-refractivity contribution in [3.05, 3.63) is 41.5 Å². The Morgan fingerprint density at radius 2 is 2.13 bits per heavy atom. The van der Waals surface area contributed by atoms with Crippen molar-refractivity contribution in [2.45, 2.75) is 0 Å². The van der Waals surface area contributed by atoms with Crippen LogP contribution >= 0.6 is 11.8 Å². The highest BCUT2D eigenvalue weighted by Gasteiger charge is 2.13. The normalized spacial score (nSPS) is 15.1. The van der Waals surface area contributed by atoms with Gasteiger partial charge in [-0.2, -0.15) is 0 Å². The van der Waals surface area contributed by atoms with E-state index in [1.165, 1.54) is 0 Å². The molecule has 1 heterocycles. The van der Waals surface area contributed by atoms with Gasteiger partial charge in [-0.25, -0.2) is 0 Å². The number of anilines is 1. The van der Waals surface area contributed by atoms with E-state index in [0.717, 1.165) is 11.4 Å². The number of ether oxygens (including phenoxy) is 1. The summed E-state index contributed by atoms with van der Waals surface area (Å²) in [6, 6.07) is 9.34. The van der Waals surface area contributed by atoms with Crippen LogP contribution in [0.25, 0.3) is 0 Å². The van der Waals surface area contributed by atoms with Crippen molar-refractivity contribution < 1.29 is 9.53 Å². The van der Waals surface area contributed by atoms with Gasteiger partial charge >= 0.3 is 0 Å². The summed E-state index contributed by atoms with van der Waals surface area (Å²) in [4.78, 5) is 11.6. The maximum atomic E-state index is 11.6. The largest absolute Gasteiger partial charge is 0.487 e. The molecule has 0 fully saturated rings. The molecular formula is C11H11NO2S. The Morgan fingerprint density at radius 1 is 1.33 bits per heavy atom. The molecule has 0 radical (unpaired) electrons. The van der Waals surface area contributed by atoms with Gasteiger partial charge in [0.1, 0.15) is 0 Å². The molecular weight excluding hydrogens is 210 g/mol. The van der Waals surface area contributed by atoms with E-state index in [0.29, 0.717) is 12.4 Å². The van der Waals surface area contributed by atoms with Crippen LogP contribution in [0.4, 0.5) is 5.69 Å². The lowest BCUT2D eigenvalue weighted by Gasteiger charge is -2.13. The highest BCUT2D eigenvalue weighted by Crippen LogP contribution is 2.16. The summed E-state index contributed by atoms with van der Waals surface area (Å²) in [7, 11) is 0. The van der Waals surface area contributed by atoms with Crippen molar-refractivity contribution in [1.29, 1.82) is 0 Å². The van der Waals surface area contributed by atoms with Gasteiger partial charge in [0.25, 0.3) is 5.91 Å². The molecule has 0 spiro atoms. The SMILES string of the molecule is O=C(Nc1ccccc1)C1=CSCCO1. The molecule has 3 nitrogen and oxygen atoms in total. The molecule has 1 aromatic rings. The lowest BCUT2D eigenvalue weighted by molar-refractivity contribution is -0.116. The number of hydrogen-bond acceptors (Lipinski definition) is 3. The van der Waals surface area contributed by atoms with Crippen LogP contribution in [-0.2, 0) is 9.53 Å². The zero-order valence-corrected chi connectivity index (χ0v) is 8.92. The molecule has 1 N–H and O–H groups in total. The first kappa shape index (κ1) is 10.1. The van der Waals surface area contributed by atoms with E-state index < -0.39 is 0 Å². The second kappa shape index (κ2) is 4.89. The number of rotatable bonds is 2. The zero-order valence-electron chi connectivity index (χ0n) is 8.10. The maximum absolute atomic E-state index is 11.6. The minimum Gasteiger partial charge on any atom is -0.487 e. The number of thioether (sulfide) groups is 1. The molecule has 0 bridgehead atoms. The Morgan fingerprint density at radius 3 is 2.80 bits per heavy atom. The van der Waals surface area contributed by atoms with Crippen LogP contribution in [0.1, 0.15) is 0 Å². The Hall–Kier alpha value is -1.42. The van der Waals surface area contributed by atoms with Gasteiger partial charge in [0, 0.05) is 16.8 Å². The van der Waals surface area contributed by atoms with E-state index >= 15 is 0 Å². The Bertz CT molecular complexity index is 375. The first-order valence-corrected chi connectivity index (χ1v) is 5.72. The average Bonchev–Trinajstić information content (AvgIpc) is 2.31. The monoisotopic (exact) mass is 221 g/mol. The van der Waals surface area contributed by atoms with Gasteiger partial charge < -0.3 is 10.1 Å². The van der Waals surface area contributed by atoms with Crippen LogP contribution in [0, 0.1) is 0 Å². The van der Waals surface area contributed by atoms with Gasteiger partial charge in [0.2, 0.25) is 0 Å². The van der Waals surface area contributed by atoms with Gasteiger partial charge in [-0.3, -0.25) is 4.79 Å². The Balaban J connectivity index is 2.00. The highest BCUT2D eigenvalue weighted by molar-refractivity contribution is 8.02. The fourth-order valence-electron chi connectivity index (χ4n) is 1.20. The zero-order chi connectivity index (χ0) is 10.5. The molecule has 0 aliphatic carbocycles. The molecule has 0 atom stereocenters. The molecule has 1 aromatic carbocycles. The third kappa shape index (κ3) is 2.76. The number of carbonyl (C=O) groups is 1. The quantitative estimate of drug-likeness (QED) is 0.832. The van der Waals surface area contributed by atoms with E-state index in [1.54, 1.807) is 17.2 Å². The summed E-state index contributed by atoms with van der Waals surface area (Å²) in [6.45, 7) is 0.596. The van der Waals surface area contributed by atoms with Gasteiger partial charge in [-0.1, -0.05) is 18.2 Å². The summed E-state index contributed by atoms with van der Waals surface area (Å²) >= 11 is 1.59. The second-order valence-electron chi connectivity index (χ2n) is 3.02. The number of benzene rings is 1. The van der Waals surface area contributed by atoms with Crippen LogP contribution < -0.4 is 5.32 Å². The van der Waals surface area contributed by atoms with Gasteiger partial charge in [-0.15, -0.1) is 11.8 Å². The fourth-order valence-corrected chi connectivity index (χ4v) is 1.83. The predicted octanol–water partition coefficient (Wildman–Crippen LogP) is 2.23. The average molecular weight is 221 g/mol. The van der Waals surface area contributed by atoms with Gasteiger partial charge in [0.15, 0.2) is 5.76 Å². The first-order valence-electron chi connectivity index (χ1n) is 4.67. The van der Waals surface area contributed by atoms with Crippen molar-refractivity contribution in [3.63, 3.8) is 0 Å². The molecule has 1 amide bonds. The Labute approximate surface area is 92.5 Å².